The molecule has 2 aliphatic rings. The van der Waals surface area contributed by atoms with Gasteiger partial charge in [0.2, 0.25) is 5.91 Å². The van der Waals surface area contributed by atoms with E-state index in [0.29, 0.717) is 25.7 Å². The van der Waals surface area contributed by atoms with E-state index < -0.39 is 45.6 Å². The average molecular weight is 539 g/mol. The van der Waals surface area contributed by atoms with Crippen LogP contribution in [0.2, 0.25) is 0 Å². The summed E-state index contributed by atoms with van der Waals surface area (Å²) in [4.78, 5) is 36.9. The minimum absolute atomic E-state index is 0.0359. The van der Waals surface area contributed by atoms with Gasteiger partial charge in [-0.3, -0.25) is 14.4 Å². The predicted molar refractivity (Wildman–Crippen MR) is 130 cm³/mol. The molecular formula is C25H25ClF2N2O5S. The number of fused-ring (bicyclic) bond motifs is 1. The lowest BCUT2D eigenvalue weighted by Gasteiger charge is -2.26. The molecule has 1 heterocycles. The fourth-order valence-electron chi connectivity index (χ4n) is 4.37. The fourth-order valence-corrected chi connectivity index (χ4v) is 6.11. The number of halogens is 3. The first-order valence-electron chi connectivity index (χ1n) is 11.6. The van der Waals surface area contributed by atoms with E-state index in [1.54, 1.807) is 0 Å². The summed E-state index contributed by atoms with van der Waals surface area (Å²) in [6.45, 7) is 0.0247. The Morgan fingerprint density at radius 1 is 1.03 bits per heavy atom. The number of nitrogens with one attached hydrogen (secondary N) is 2. The number of hydrogen-bond acceptors (Lipinski definition) is 5. The van der Waals surface area contributed by atoms with Gasteiger partial charge in [-0.15, -0.1) is 23.4 Å². The third-order valence-electron chi connectivity index (χ3n) is 6.27. The van der Waals surface area contributed by atoms with Crippen LogP contribution < -0.4 is 15.4 Å². The highest BCUT2D eigenvalue weighted by atomic mass is 35.5. The molecule has 0 radical (unpaired) electrons. The van der Waals surface area contributed by atoms with E-state index in [1.807, 2.05) is 24.3 Å². The van der Waals surface area contributed by atoms with Crippen molar-refractivity contribution in [2.75, 3.05) is 13.1 Å². The van der Waals surface area contributed by atoms with Gasteiger partial charge in [0.1, 0.15) is 28.2 Å². The van der Waals surface area contributed by atoms with Crippen molar-refractivity contribution >= 4 is 41.1 Å². The molecule has 2 aromatic rings. The van der Waals surface area contributed by atoms with Crippen LogP contribution >= 0.6 is 23.4 Å². The van der Waals surface area contributed by atoms with Crippen molar-refractivity contribution in [1.82, 2.24) is 10.6 Å². The molecule has 36 heavy (non-hydrogen) atoms. The molecule has 2 amide bonds. The predicted octanol–water partition coefficient (Wildman–Crippen LogP) is 4.29. The molecule has 0 spiro atoms. The standard InChI is InChI=1S/C25H25ClF2N2O5S/c26-21-16-3-1-2-4-19(16)36-22(21)24(32)30-10-9-29-23(31)20-17(27)11-15(12-18(20)28)35-14-7-5-13(6-8-14)25(33)34/h1-4,11-14,21-22H,5-10H2,(H,29,31)(H,30,32)(H,33,34). The van der Waals surface area contributed by atoms with Crippen molar-refractivity contribution in [3.8, 4) is 5.75 Å². The number of amides is 2. The molecule has 1 aliphatic heterocycles. The first kappa shape index (κ1) is 26.2. The monoisotopic (exact) mass is 538 g/mol. The maximum Gasteiger partial charge on any atom is 0.306 e. The molecule has 0 saturated heterocycles. The number of carbonyl (C=O) groups excluding carboxylic acids is 2. The van der Waals surface area contributed by atoms with Gasteiger partial charge in [0, 0.05) is 30.1 Å². The quantitative estimate of drug-likeness (QED) is 0.342. The molecule has 4 rings (SSSR count). The summed E-state index contributed by atoms with van der Waals surface area (Å²) in [5.41, 5.74) is 0.148. The summed E-state index contributed by atoms with van der Waals surface area (Å²) in [6, 6.07) is 9.38. The molecule has 2 aromatic carbocycles. The first-order chi connectivity index (χ1) is 17.2. The van der Waals surface area contributed by atoms with Gasteiger partial charge in [0.15, 0.2) is 0 Å². The van der Waals surface area contributed by atoms with E-state index in [1.165, 1.54) is 11.8 Å². The van der Waals surface area contributed by atoms with Gasteiger partial charge in [-0.2, -0.15) is 0 Å². The molecule has 1 fully saturated rings. The van der Waals surface area contributed by atoms with Crippen LogP contribution in [0.5, 0.6) is 5.75 Å². The van der Waals surface area contributed by atoms with E-state index >= 15 is 0 Å². The smallest absolute Gasteiger partial charge is 0.306 e. The largest absolute Gasteiger partial charge is 0.490 e. The Morgan fingerprint density at radius 3 is 2.31 bits per heavy atom. The van der Waals surface area contributed by atoms with Crippen LogP contribution in [0.15, 0.2) is 41.3 Å². The lowest BCUT2D eigenvalue weighted by atomic mass is 9.87. The molecule has 2 atom stereocenters. The zero-order valence-electron chi connectivity index (χ0n) is 19.1. The lowest BCUT2D eigenvalue weighted by Crippen LogP contribution is -2.39. The first-order valence-corrected chi connectivity index (χ1v) is 12.9. The zero-order valence-corrected chi connectivity index (χ0v) is 20.7. The summed E-state index contributed by atoms with van der Waals surface area (Å²) < 4.78 is 34.7. The van der Waals surface area contributed by atoms with Crippen LogP contribution in [0, 0.1) is 17.6 Å². The second-order valence-corrected chi connectivity index (χ2v) is 10.4. The Bertz CT molecular complexity index is 1140. The highest BCUT2D eigenvalue weighted by Crippen LogP contribution is 2.47. The van der Waals surface area contributed by atoms with E-state index in [-0.39, 0.29) is 30.9 Å². The molecule has 0 bridgehead atoms. The van der Waals surface area contributed by atoms with Gasteiger partial charge < -0.3 is 20.5 Å². The molecule has 192 valence electrons. The number of carboxylic acid groups (broad SMARTS) is 1. The number of thioether (sulfide) groups is 1. The average Bonchev–Trinajstić information content (AvgIpc) is 3.18. The SMILES string of the molecule is O=C(NCCNC(=O)C1Sc2ccccc2C1Cl)c1c(F)cc(OC2CCC(C(=O)O)CC2)cc1F. The van der Waals surface area contributed by atoms with Crippen LogP contribution in [0.3, 0.4) is 0 Å². The second-order valence-electron chi connectivity index (χ2n) is 8.72. The van der Waals surface area contributed by atoms with Gasteiger partial charge >= 0.3 is 5.97 Å². The van der Waals surface area contributed by atoms with Crippen LogP contribution in [-0.2, 0) is 9.59 Å². The minimum Gasteiger partial charge on any atom is -0.490 e. The van der Waals surface area contributed by atoms with Gasteiger partial charge in [0.25, 0.3) is 5.91 Å². The summed E-state index contributed by atoms with van der Waals surface area (Å²) in [5, 5.41) is 13.2. The second kappa shape index (κ2) is 11.5. The molecule has 1 saturated carbocycles. The summed E-state index contributed by atoms with van der Waals surface area (Å²) in [6.07, 6.45) is 1.44. The third kappa shape index (κ3) is 5.92. The Morgan fingerprint density at radius 2 is 1.67 bits per heavy atom. The van der Waals surface area contributed by atoms with Crippen LogP contribution in [-0.4, -0.2) is 47.3 Å². The summed E-state index contributed by atoms with van der Waals surface area (Å²) in [5.74, 6) is -4.73. The summed E-state index contributed by atoms with van der Waals surface area (Å²) in [7, 11) is 0. The number of carboxylic acids is 1. The van der Waals surface area contributed by atoms with Gasteiger partial charge in [-0.05, 0) is 37.3 Å². The molecule has 2 unspecified atom stereocenters. The van der Waals surface area contributed by atoms with E-state index in [2.05, 4.69) is 10.6 Å². The lowest BCUT2D eigenvalue weighted by molar-refractivity contribution is -0.143. The highest BCUT2D eigenvalue weighted by Gasteiger charge is 2.36. The van der Waals surface area contributed by atoms with E-state index in [4.69, 9.17) is 21.4 Å². The van der Waals surface area contributed by atoms with Crippen molar-refractivity contribution in [1.29, 1.82) is 0 Å². The number of benzene rings is 2. The van der Waals surface area contributed by atoms with E-state index in [0.717, 1.165) is 22.6 Å². The van der Waals surface area contributed by atoms with Crippen LogP contribution in [0.25, 0.3) is 0 Å². The van der Waals surface area contributed by atoms with Crippen molar-refractivity contribution in [2.45, 2.75) is 47.3 Å². The molecule has 3 N–H and O–H groups in total. The van der Waals surface area contributed by atoms with Crippen LogP contribution in [0.1, 0.15) is 47.0 Å². The van der Waals surface area contributed by atoms with Crippen LogP contribution in [0.4, 0.5) is 8.78 Å². The Kier molecular flexibility index (Phi) is 8.35. The third-order valence-corrected chi connectivity index (χ3v) is 8.28. The van der Waals surface area contributed by atoms with Crippen molar-refractivity contribution in [3.05, 3.63) is 59.2 Å². The topological polar surface area (TPSA) is 105 Å². The number of ether oxygens (including phenoxy) is 1. The Labute approximate surface area is 215 Å². The Hall–Kier alpha value is -2.85. The van der Waals surface area contributed by atoms with Crippen molar-refractivity contribution in [2.24, 2.45) is 5.92 Å². The molecular weight excluding hydrogens is 514 g/mol. The maximum atomic E-state index is 14.6. The van der Waals surface area contributed by atoms with Gasteiger partial charge in [-0.1, -0.05) is 18.2 Å². The molecule has 7 nitrogen and oxygen atoms in total. The van der Waals surface area contributed by atoms with E-state index in [9.17, 15) is 23.2 Å². The molecule has 11 heteroatoms. The van der Waals surface area contributed by atoms with Crippen molar-refractivity contribution < 1.29 is 33.0 Å². The van der Waals surface area contributed by atoms with Gasteiger partial charge in [-0.25, -0.2) is 8.78 Å². The molecule has 1 aliphatic carbocycles. The van der Waals surface area contributed by atoms with Crippen molar-refractivity contribution in [3.63, 3.8) is 0 Å². The normalized spacial score (nSPS) is 23.0. The maximum absolute atomic E-state index is 14.6. The summed E-state index contributed by atoms with van der Waals surface area (Å²) >= 11 is 7.77. The number of alkyl halides is 1. The number of hydrogen-bond donors (Lipinski definition) is 3. The molecule has 0 aromatic heterocycles. The number of carbonyl (C=O) groups is 3. The fraction of sp³-hybridized carbons (Fsp3) is 0.400. The Balaban J connectivity index is 1.25. The highest BCUT2D eigenvalue weighted by molar-refractivity contribution is 8.01. The number of rotatable bonds is 8. The minimum atomic E-state index is -1.07. The zero-order chi connectivity index (χ0) is 25.8. The number of aliphatic carboxylic acids is 1. The van der Waals surface area contributed by atoms with Gasteiger partial charge in [0.05, 0.1) is 17.4 Å².